The number of rotatable bonds is 2. The fraction of sp³-hybridized carbons (Fsp3) is 0. The van der Waals surface area contributed by atoms with E-state index in [-0.39, 0.29) is 0 Å². The average molecular weight is 111 g/mol. The van der Waals surface area contributed by atoms with E-state index in [2.05, 4.69) is 0 Å². The van der Waals surface area contributed by atoms with E-state index in [1.165, 1.54) is 18.4 Å². The molecule has 0 radical (unpaired) electrons. The Morgan fingerprint density at radius 1 is 1.50 bits per heavy atom. The van der Waals surface area contributed by atoms with Crippen LogP contribution in [-0.2, 0) is 0 Å². The molecule has 0 saturated heterocycles. The fourth-order valence-electron chi connectivity index (χ4n) is 0.263. The molecule has 0 aliphatic heterocycles. The standard InChI is InChI=1S/C5H9N3/c6-3-1-5(8)2-4-7/h1-4,6H,7-8H2/b4-2-,5-1-,6-3?. The highest BCUT2D eigenvalue weighted by molar-refractivity contribution is 5.69. The van der Waals surface area contributed by atoms with Crippen LogP contribution in [0.15, 0.2) is 24.0 Å². The third kappa shape index (κ3) is 2.96. The Bertz CT molecular complexity index is 124. The lowest BCUT2D eigenvalue weighted by atomic mass is 10.4. The van der Waals surface area contributed by atoms with E-state index in [4.69, 9.17) is 16.9 Å². The van der Waals surface area contributed by atoms with Crippen LogP contribution in [0, 0.1) is 5.41 Å². The van der Waals surface area contributed by atoms with E-state index >= 15 is 0 Å². The molecular formula is C5H9N3. The maximum Gasteiger partial charge on any atom is 0.0343 e. The molecule has 0 aromatic carbocycles. The van der Waals surface area contributed by atoms with Gasteiger partial charge in [0, 0.05) is 11.9 Å². The van der Waals surface area contributed by atoms with Crippen LogP contribution in [0.5, 0.6) is 0 Å². The summed E-state index contributed by atoms with van der Waals surface area (Å²) in [6.45, 7) is 0. The van der Waals surface area contributed by atoms with Crippen molar-refractivity contribution in [3.8, 4) is 0 Å². The second kappa shape index (κ2) is 3.92. The summed E-state index contributed by atoms with van der Waals surface area (Å²) < 4.78 is 0. The van der Waals surface area contributed by atoms with E-state index in [0.29, 0.717) is 5.70 Å². The van der Waals surface area contributed by atoms with Gasteiger partial charge in [-0.25, -0.2) is 0 Å². The lowest BCUT2D eigenvalue weighted by Gasteiger charge is -1.83. The van der Waals surface area contributed by atoms with Crippen LogP contribution >= 0.6 is 0 Å². The molecule has 0 heterocycles. The van der Waals surface area contributed by atoms with Crippen LogP contribution in [-0.4, -0.2) is 6.21 Å². The number of nitrogens with two attached hydrogens (primary N) is 2. The Morgan fingerprint density at radius 2 is 2.12 bits per heavy atom. The highest BCUT2D eigenvalue weighted by Crippen LogP contribution is 1.79. The second-order valence-corrected chi connectivity index (χ2v) is 1.19. The molecule has 3 nitrogen and oxygen atoms in total. The van der Waals surface area contributed by atoms with Crippen molar-refractivity contribution in [2.24, 2.45) is 11.5 Å². The quantitative estimate of drug-likeness (QED) is 0.345. The normalized spacial score (nSPS) is 12.2. The SMILES string of the molecule is N=C/C=C(N)/C=C\N. The number of nitrogens with one attached hydrogen (secondary N) is 1. The van der Waals surface area contributed by atoms with Crippen molar-refractivity contribution in [3.63, 3.8) is 0 Å². The minimum atomic E-state index is 0.488. The zero-order valence-corrected chi connectivity index (χ0v) is 4.46. The maximum absolute atomic E-state index is 6.56. The van der Waals surface area contributed by atoms with Gasteiger partial charge in [0.15, 0.2) is 0 Å². The molecule has 44 valence electrons. The lowest BCUT2D eigenvalue weighted by molar-refractivity contribution is 1.41. The van der Waals surface area contributed by atoms with E-state index in [1.54, 1.807) is 0 Å². The van der Waals surface area contributed by atoms with E-state index in [1.807, 2.05) is 0 Å². The molecule has 0 amide bonds. The third-order valence-electron chi connectivity index (χ3n) is 0.564. The van der Waals surface area contributed by atoms with Crippen LogP contribution in [0.4, 0.5) is 0 Å². The molecule has 0 spiro atoms. The predicted octanol–water partition coefficient (Wildman–Crippen LogP) is -0.0490. The van der Waals surface area contributed by atoms with Gasteiger partial charge in [-0.2, -0.15) is 0 Å². The van der Waals surface area contributed by atoms with Gasteiger partial charge in [-0.3, -0.25) is 0 Å². The maximum atomic E-state index is 6.56. The highest BCUT2D eigenvalue weighted by atomic mass is 14.6. The van der Waals surface area contributed by atoms with Crippen molar-refractivity contribution in [1.29, 1.82) is 5.41 Å². The topological polar surface area (TPSA) is 75.9 Å². The molecule has 0 unspecified atom stereocenters. The van der Waals surface area contributed by atoms with Gasteiger partial charge in [0.1, 0.15) is 0 Å². The van der Waals surface area contributed by atoms with Crippen LogP contribution in [0.25, 0.3) is 0 Å². The fourth-order valence-corrected chi connectivity index (χ4v) is 0.263. The summed E-state index contributed by atoms with van der Waals surface area (Å²) in [5.41, 5.74) is 10.7. The number of allylic oxidation sites excluding steroid dienone is 2. The first kappa shape index (κ1) is 6.75. The highest BCUT2D eigenvalue weighted by Gasteiger charge is 1.73. The Labute approximate surface area is 48.2 Å². The summed E-state index contributed by atoms with van der Waals surface area (Å²) in [7, 11) is 0. The molecule has 3 heteroatoms. The Kier molecular flexibility index (Phi) is 3.31. The minimum absolute atomic E-state index is 0.488. The van der Waals surface area contributed by atoms with Gasteiger partial charge in [-0.1, -0.05) is 0 Å². The van der Waals surface area contributed by atoms with Gasteiger partial charge >= 0.3 is 0 Å². The van der Waals surface area contributed by atoms with Gasteiger partial charge < -0.3 is 16.9 Å². The van der Waals surface area contributed by atoms with Crippen molar-refractivity contribution >= 4 is 6.21 Å². The van der Waals surface area contributed by atoms with Crippen molar-refractivity contribution in [2.75, 3.05) is 0 Å². The van der Waals surface area contributed by atoms with E-state index in [9.17, 15) is 0 Å². The molecule has 5 N–H and O–H groups in total. The summed E-state index contributed by atoms with van der Waals surface area (Å²) in [6.07, 6.45) is 5.40. The molecule has 0 bridgehead atoms. The minimum Gasteiger partial charge on any atom is -0.405 e. The number of hydrogen-bond donors (Lipinski definition) is 3. The third-order valence-corrected chi connectivity index (χ3v) is 0.564. The molecule has 0 aromatic rings. The second-order valence-electron chi connectivity index (χ2n) is 1.19. The summed E-state index contributed by atoms with van der Waals surface area (Å²) >= 11 is 0. The van der Waals surface area contributed by atoms with Crippen molar-refractivity contribution in [3.05, 3.63) is 24.0 Å². The Balaban J connectivity index is 3.79. The largest absolute Gasteiger partial charge is 0.405 e. The molecular weight excluding hydrogens is 102 g/mol. The van der Waals surface area contributed by atoms with Crippen LogP contribution < -0.4 is 11.5 Å². The van der Waals surface area contributed by atoms with Crippen LogP contribution in [0.3, 0.4) is 0 Å². The lowest BCUT2D eigenvalue weighted by Crippen LogP contribution is -1.93. The number of hydrogen-bond acceptors (Lipinski definition) is 3. The zero-order chi connectivity index (χ0) is 6.41. The molecule has 0 atom stereocenters. The summed E-state index contributed by atoms with van der Waals surface area (Å²) in [5.74, 6) is 0. The summed E-state index contributed by atoms with van der Waals surface area (Å²) in [6, 6.07) is 0. The van der Waals surface area contributed by atoms with Gasteiger partial charge in [-0.15, -0.1) is 0 Å². The molecule has 0 rings (SSSR count). The van der Waals surface area contributed by atoms with Crippen LogP contribution in [0.2, 0.25) is 0 Å². The predicted molar refractivity (Wildman–Crippen MR) is 34.4 cm³/mol. The van der Waals surface area contributed by atoms with Gasteiger partial charge in [-0.05, 0) is 18.4 Å². The van der Waals surface area contributed by atoms with Crippen LogP contribution in [0.1, 0.15) is 0 Å². The summed E-state index contributed by atoms with van der Waals surface area (Å²) in [5, 5.41) is 6.56. The first-order chi connectivity index (χ1) is 3.81. The zero-order valence-electron chi connectivity index (χ0n) is 4.46. The van der Waals surface area contributed by atoms with E-state index < -0.39 is 0 Å². The van der Waals surface area contributed by atoms with Gasteiger partial charge in [0.05, 0.1) is 0 Å². The molecule has 0 aliphatic carbocycles. The first-order valence-corrected chi connectivity index (χ1v) is 2.15. The van der Waals surface area contributed by atoms with E-state index in [0.717, 1.165) is 6.21 Å². The molecule has 0 aliphatic rings. The summed E-state index contributed by atoms with van der Waals surface area (Å²) in [4.78, 5) is 0. The Hall–Kier alpha value is -1.25. The first-order valence-electron chi connectivity index (χ1n) is 2.15. The average Bonchev–Trinajstić information content (AvgIpc) is 1.68. The molecule has 8 heavy (non-hydrogen) atoms. The van der Waals surface area contributed by atoms with Gasteiger partial charge in [0.2, 0.25) is 0 Å². The molecule has 0 fully saturated rings. The smallest absolute Gasteiger partial charge is 0.0343 e. The Morgan fingerprint density at radius 3 is 2.50 bits per heavy atom. The van der Waals surface area contributed by atoms with Crippen molar-refractivity contribution in [2.45, 2.75) is 0 Å². The monoisotopic (exact) mass is 111 g/mol. The molecule has 0 saturated carbocycles. The van der Waals surface area contributed by atoms with Gasteiger partial charge in [0.25, 0.3) is 0 Å². The van der Waals surface area contributed by atoms with Crippen molar-refractivity contribution in [1.82, 2.24) is 0 Å². The molecule has 0 aromatic heterocycles. The van der Waals surface area contributed by atoms with Crippen molar-refractivity contribution < 1.29 is 0 Å².